The van der Waals surface area contributed by atoms with E-state index < -0.39 is 0 Å². The summed E-state index contributed by atoms with van der Waals surface area (Å²) in [6.07, 6.45) is 4.90. The van der Waals surface area contributed by atoms with Crippen molar-refractivity contribution in [3.63, 3.8) is 0 Å². The van der Waals surface area contributed by atoms with Crippen molar-refractivity contribution in [1.29, 1.82) is 0 Å². The first-order valence-corrected chi connectivity index (χ1v) is 12.5. The molecule has 33 heavy (non-hydrogen) atoms. The van der Waals surface area contributed by atoms with Gasteiger partial charge in [0.15, 0.2) is 10.8 Å². The van der Waals surface area contributed by atoms with Crippen LogP contribution in [0.1, 0.15) is 57.3 Å². The number of carbonyl (C=O) groups excluding carboxylic acids is 1. The number of nitrogens with zero attached hydrogens (tertiary/aromatic N) is 4. The van der Waals surface area contributed by atoms with Gasteiger partial charge in [0.2, 0.25) is 0 Å². The zero-order valence-electron chi connectivity index (χ0n) is 19.9. The van der Waals surface area contributed by atoms with Gasteiger partial charge < -0.3 is 15.4 Å². The smallest absolute Gasteiger partial charge is 0.251 e. The number of hydrogen-bond donors (Lipinski definition) is 2. The number of anilines is 1. The van der Waals surface area contributed by atoms with Gasteiger partial charge in [-0.05, 0) is 37.1 Å². The van der Waals surface area contributed by atoms with Gasteiger partial charge in [0.25, 0.3) is 5.91 Å². The lowest BCUT2D eigenvalue weighted by atomic mass is 10.2. The fraction of sp³-hybridized carbons (Fsp3) is 0.500. The molecule has 0 radical (unpaired) electrons. The molecule has 0 unspecified atom stereocenters. The van der Waals surface area contributed by atoms with Gasteiger partial charge in [-0.15, -0.1) is 0 Å². The van der Waals surface area contributed by atoms with E-state index in [2.05, 4.69) is 48.4 Å². The lowest BCUT2D eigenvalue weighted by Crippen LogP contribution is -2.27. The number of benzene rings is 1. The van der Waals surface area contributed by atoms with Gasteiger partial charge in [0, 0.05) is 23.9 Å². The standard InChI is InChI=1S/C24H34N6O2S/c1-5-7-15-32-19-10-8-18(9-11-19)23(31)26-13-14-30-22-20(16-27-30)21(25-12-6-2)28-24(29-22)33-17(3)4/h8-11,16-17H,5-7,12-15H2,1-4H3,(H,26,31)(H,25,28,29). The fourth-order valence-corrected chi connectivity index (χ4v) is 3.86. The Bertz CT molecular complexity index is 1040. The van der Waals surface area contributed by atoms with Crippen LogP contribution in [0.15, 0.2) is 35.6 Å². The first kappa shape index (κ1) is 24.8. The number of amides is 1. The first-order chi connectivity index (χ1) is 16.0. The highest BCUT2D eigenvalue weighted by molar-refractivity contribution is 7.99. The van der Waals surface area contributed by atoms with Gasteiger partial charge in [0.1, 0.15) is 11.6 Å². The van der Waals surface area contributed by atoms with Crippen molar-refractivity contribution in [2.24, 2.45) is 0 Å². The summed E-state index contributed by atoms with van der Waals surface area (Å²) in [5, 5.41) is 12.8. The van der Waals surface area contributed by atoms with Crippen LogP contribution in [0.4, 0.5) is 5.82 Å². The number of carbonyl (C=O) groups is 1. The molecule has 0 fully saturated rings. The van der Waals surface area contributed by atoms with Crippen LogP contribution >= 0.6 is 11.8 Å². The van der Waals surface area contributed by atoms with Crippen LogP contribution in [0.3, 0.4) is 0 Å². The highest BCUT2D eigenvalue weighted by Gasteiger charge is 2.14. The Labute approximate surface area is 199 Å². The number of fused-ring (bicyclic) bond motifs is 1. The van der Waals surface area contributed by atoms with E-state index in [1.54, 1.807) is 30.1 Å². The van der Waals surface area contributed by atoms with Crippen LogP contribution < -0.4 is 15.4 Å². The van der Waals surface area contributed by atoms with Crippen LogP contribution in [-0.4, -0.2) is 50.6 Å². The third-order valence-corrected chi connectivity index (χ3v) is 5.72. The minimum absolute atomic E-state index is 0.123. The van der Waals surface area contributed by atoms with Crippen molar-refractivity contribution >= 4 is 34.5 Å². The average Bonchev–Trinajstić information content (AvgIpc) is 3.20. The fourth-order valence-electron chi connectivity index (χ4n) is 3.15. The van der Waals surface area contributed by atoms with Crippen LogP contribution in [0, 0.1) is 0 Å². The topological polar surface area (TPSA) is 94.0 Å². The number of nitrogens with one attached hydrogen (secondary N) is 2. The first-order valence-electron chi connectivity index (χ1n) is 11.7. The monoisotopic (exact) mass is 470 g/mol. The third kappa shape index (κ3) is 7.08. The Kier molecular flexibility index (Phi) is 9.35. The summed E-state index contributed by atoms with van der Waals surface area (Å²) in [5.41, 5.74) is 1.38. The van der Waals surface area contributed by atoms with Gasteiger partial charge in [-0.2, -0.15) is 5.10 Å². The predicted octanol–water partition coefficient (Wildman–Crippen LogP) is 4.76. The van der Waals surface area contributed by atoms with Gasteiger partial charge in [-0.1, -0.05) is 45.9 Å². The molecule has 3 aromatic rings. The summed E-state index contributed by atoms with van der Waals surface area (Å²) in [4.78, 5) is 21.9. The number of ether oxygens (including phenoxy) is 1. The molecule has 0 aliphatic carbocycles. The Hall–Kier alpha value is -2.81. The maximum atomic E-state index is 12.5. The van der Waals surface area contributed by atoms with Gasteiger partial charge in [-0.25, -0.2) is 14.6 Å². The summed E-state index contributed by atoms with van der Waals surface area (Å²) in [6, 6.07) is 7.24. The van der Waals surface area contributed by atoms with Crippen molar-refractivity contribution in [3.8, 4) is 5.75 Å². The van der Waals surface area contributed by atoms with E-state index in [1.165, 1.54) is 0 Å². The maximum Gasteiger partial charge on any atom is 0.251 e. The van der Waals surface area contributed by atoms with Crippen molar-refractivity contribution in [1.82, 2.24) is 25.1 Å². The van der Waals surface area contributed by atoms with Crippen LogP contribution in [0.2, 0.25) is 0 Å². The number of thioether (sulfide) groups is 1. The Morgan fingerprint density at radius 2 is 1.91 bits per heavy atom. The van der Waals surface area contributed by atoms with Crippen molar-refractivity contribution < 1.29 is 9.53 Å². The van der Waals surface area contributed by atoms with Gasteiger partial charge in [0.05, 0.1) is 24.7 Å². The summed E-state index contributed by atoms with van der Waals surface area (Å²) < 4.78 is 7.48. The van der Waals surface area contributed by atoms with E-state index in [9.17, 15) is 4.79 Å². The molecule has 1 aromatic carbocycles. The minimum atomic E-state index is -0.123. The zero-order chi connectivity index (χ0) is 23.6. The highest BCUT2D eigenvalue weighted by atomic mass is 32.2. The lowest BCUT2D eigenvalue weighted by molar-refractivity contribution is 0.0952. The molecule has 0 aliphatic rings. The van der Waals surface area contributed by atoms with E-state index in [4.69, 9.17) is 9.72 Å². The molecule has 178 valence electrons. The van der Waals surface area contributed by atoms with Crippen LogP contribution in [0.5, 0.6) is 5.75 Å². The molecular weight excluding hydrogens is 436 g/mol. The Balaban J connectivity index is 1.64. The molecule has 9 heteroatoms. The number of rotatable bonds is 13. The summed E-state index contributed by atoms with van der Waals surface area (Å²) in [7, 11) is 0. The van der Waals surface area contributed by atoms with Crippen LogP contribution in [-0.2, 0) is 6.54 Å². The quantitative estimate of drug-likeness (QED) is 0.211. The molecule has 3 rings (SSSR count). The van der Waals surface area contributed by atoms with E-state index >= 15 is 0 Å². The Morgan fingerprint density at radius 3 is 2.61 bits per heavy atom. The normalized spacial score (nSPS) is 11.2. The lowest BCUT2D eigenvalue weighted by Gasteiger charge is -2.10. The molecule has 2 aromatic heterocycles. The Morgan fingerprint density at radius 1 is 1.12 bits per heavy atom. The van der Waals surface area contributed by atoms with Crippen molar-refractivity contribution in [2.75, 3.05) is 25.0 Å². The SMILES string of the molecule is CCCCOc1ccc(C(=O)NCCn2ncc3c(NCCC)nc(SC(C)C)nc32)cc1. The maximum absolute atomic E-state index is 12.5. The second-order valence-electron chi connectivity index (χ2n) is 8.04. The molecule has 0 saturated carbocycles. The predicted molar refractivity (Wildman–Crippen MR) is 134 cm³/mol. The van der Waals surface area contributed by atoms with E-state index in [0.29, 0.717) is 30.5 Å². The second kappa shape index (κ2) is 12.4. The molecular formula is C24H34N6O2S. The molecule has 0 spiro atoms. The molecule has 0 bridgehead atoms. The molecule has 8 nitrogen and oxygen atoms in total. The van der Waals surface area contributed by atoms with E-state index in [0.717, 1.165) is 53.6 Å². The molecule has 0 aliphatic heterocycles. The second-order valence-corrected chi connectivity index (χ2v) is 9.58. The zero-order valence-corrected chi connectivity index (χ0v) is 20.7. The summed E-state index contributed by atoms with van der Waals surface area (Å²) >= 11 is 1.62. The number of unbranched alkanes of at least 4 members (excludes halogenated alkanes) is 1. The van der Waals surface area contributed by atoms with E-state index in [1.807, 2.05) is 16.8 Å². The van der Waals surface area contributed by atoms with E-state index in [-0.39, 0.29) is 5.91 Å². The van der Waals surface area contributed by atoms with Gasteiger partial charge >= 0.3 is 0 Å². The summed E-state index contributed by atoms with van der Waals surface area (Å²) in [6.45, 7) is 11.0. The van der Waals surface area contributed by atoms with Crippen molar-refractivity contribution in [3.05, 3.63) is 36.0 Å². The minimum Gasteiger partial charge on any atom is -0.494 e. The van der Waals surface area contributed by atoms with Crippen molar-refractivity contribution in [2.45, 2.75) is 63.9 Å². The number of hydrogen-bond acceptors (Lipinski definition) is 7. The molecule has 2 heterocycles. The summed E-state index contributed by atoms with van der Waals surface area (Å²) in [5.74, 6) is 1.47. The number of aromatic nitrogens is 4. The molecule has 0 atom stereocenters. The molecule has 1 amide bonds. The highest BCUT2D eigenvalue weighted by Crippen LogP contribution is 2.26. The van der Waals surface area contributed by atoms with Crippen LogP contribution in [0.25, 0.3) is 11.0 Å². The molecule has 2 N–H and O–H groups in total. The largest absolute Gasteiger partial charge is 0.494 e. The average molecular weight is 471 g/mol. The van der Waals surface area contributed by atoms with Gasteiger partial charge in [-0.3, -0.25) is 4.79 Å². The third-order valence-electron chi connectivity index (χ3n) is 4.85. The molecule has 0 saturated heterocycles.